The van der Waals surface area contributed by atoms with Gasteiger partial charge in [0.2, 0.25) is 0 Å². The van der Waals surface area contributed by atoms with Crippen molar-refractivity contribution in [2.24, 2.45) is 0 Å². The third kappa shape index (κ3) is 1.66. The highest BCUT2D eigenvalue weighted by atomic mass is 35.5. The number of nitrogens with one attached hydrogen (secondary N) is 2. The second-order valence-electron chi connectivity index (χ2n) is 3.76. The van der Waals surface area contributed by atoms with Crippen LogP contribution < -0.4 is 10.1 Å². The minimum atomic E-state index is 0.755. The van der Waals surface area contributed by atoms with Crippen molar-refractivity contribution in [1.82, 2.24) is 10.3 Å². The lowest BCUT2D eigenvalue weighted by atomic mass is 10.1. The van der Waals surface area contributed by atoms with Crippen molar-refractivity contribution in [2.75, 3.05) is 14.2 Å². The second kappa shape index (κ2) is 4.36. The van der Waals surface area contributed by atoms with Crippen LogP contribution in [0.3, 0.4) is 0 Å². The molecular weight excluding hydrogens is 224 g/mol. The second-order valence-corrected chi connectivity index (χ2v) is 4.17. The van der Waals surface area contributed by atoms with Gasteiger partial charge in [0, 0.05) is 17.6 Å². The smallest absolute Gasteiger partial charge is 0.143 e. The van der Waals surface area contributed by atoms with Crippen molar-refractivity contribution < 1.29 is 4.74 Å². The van der Waals surface area contributed by atoms with Crippen molar-refractivity contribution in [1.29, 1.82) is 0 Å². The first-order chi connectivity index (χ1) is 7.69. The number of fused-ring (bicyclic) bond motifs is 1. The summed E-state index contributed by atoms with van der Waals surface area (Å²) in [6.45, 7) is 2.83. The van der Waals surface area contributed by atoms with Crippen LogP contribution in [0.4, 0.5) is 0 Å². The van der Waals surface area contributed by atoms with Crippen LogP contribution in [0.15, 0.2) is 12.1 Å². The van der Waals surface area contributed by atoms with E-state index in [4.69, 9.17) is 16.3 Å². The predicted octanol–water partition coefficient (Wildman–Crippen LogP) is 2.86. The summed E-state index contributed by atoms with van der Waals surface area (Å²) in [4.78, 5) is 3.32. The Hall–Kier alpha value is -1.19. The zero-order valence-electron chi connectivity index (χ0n) is 9.65. The molecule has 2 rings (SSSR count). The third-order valence-corrected chi connectivity index (χ3v) is 3.07. The molecule has 0 spiro atoms. The van der Waals surface area contributed by atoms with Crippen molar-refractivity contribution in [3.8, 4) is 5.75 Å². The maximum atomic E-state index is 6.24. The summed E-state index contributed by atoms with van der Waals surface area (Å²) in [5.74, 6) is 0.824. The maximum Gasteiger partial charge on any atom is 0.143 e. The van der Waals surface area contributed by atoms with Gasteiger partial charge in [-0.2, -0.15) is 0 Å². The van der Waals surface area contributed by atoms with Gasteiger partial charge in [-0.05, 0) is 31.7 Å². The molecule has 4 heteroatoms. The number of aromatic nitrogens is 1. The summed E-state index contributed by atoms with van der Waals surface area (Å²) in [5, 5.41) is 4.95. The molecule has 0 saturated heterocycles. The molecule has 16 heavy (non-hydrogen) atoms. The van der Waals surface area contributed by atoms with Gasteiger partial charge in [-0.3, -0.25) is 0 Å². The van der Waals surface area contributed by atoms with Crippen molar-refractivity contribution >= 4 is 22.5 Å². The van der Waals surface area contributed by atoms with Gasteiger partial charge in [0.1, 0.15) is 5.75 Å². The van der Waals surface area contributed by atoms with E-state index in [1.165, 1.54) is 5.56 Å². The van der Waals surface area contributed by atoms with E-state index in [2.05, 4.69) is 10.3 Å². The number of benzene rings is 1. The topological polar surface area (TPSA) is 37.0 Å². The first-order valence-corrected chi connectivity index (χ1v) is 5.55. The Kier molecular flexibility index (Phi) is 3.08. The summed E-state index contributed by atoms with van der Waals surface area (Å²) in [6, 6.07) is 3.75. The van der Waals surface area contributed by atoms with Gasteiger partial charge in [-0.1, -0.05) is 11.6 Å². The van der Waals surface area contributed by atoms with Crippen LogP contribution in [-0.4, -0.2) is 19.1 Å². The fourth-order valence-corrected chi connectivity index (χ4v) is 2.27. The van der Waals surface area contributed by atoms with E-state index >= 15 is 0 Å². The average molecular weight is 239 g/mol. The average Bonchev–Trinajstić information content (AvgIpc) is 2.58. The lowest BCUT2D eigenvalue weighted by Crippen LogP contribution is -2.05. The molecule has 0 radical (unpaired) electrons. The normalized spacial score (nSPS) is 11.0. The van der Waals surface area contributed by atoms with E-state index in [0.29, 0.717) is 0 Å². The van der Waals surface area contributed by atoms with E-state index in [-0.39, 0.29) is 0 Å². The van der Waals surface area contributed by atoms with E-state index in [1.807, 2.05) is 26.1 Å². The predicted molar refractivity (Wildman–Crippen MR) is 67.4 cm³/mol. The quantitative estimate of drug-likeness (QED) is 0.863. The van der Waals surface area contributed by atoms with Gasteiger partial charge in [-0.15, -0.1) is 0 Å². The van der Waals surface area contributed by atoms with Crippen molar-refractivity contribution in [3.05, 3.63) is 28.4 Å². The van der Waals surface area contributed by atoms with Gasteiger partial charge in [0.05, 0.1) is 17.6 Å². The largest absolute Gasteiger partial charge is 0.495 e. The molecule has 86 valence electrons. The van der Waals surface area contributed by atoms with Crippen LogP contribution in [0.25, 0.3) is 10.9 Å². The van der Waals surface area contributed by atoms with Crippen molar-refractivity contribution in [2.45, 2.75) is 13.5 Å². The fraction of sp³-hybridized carbons (Fsp3) is 0.333. The molecule has 2 aromatic rings. The molecule has 0 saturated carbocycles. The molecule has 0 bridgehead atoms. The minimum Gasteiger partial charge on any atom is -0.495 e. The van der Waals surface area contributed by atoms with Gasteiger partial charge < -0.3 is 15.0 Å². The standard InChI is InChI=1S/C12H15ClN2O/c1-7-8(6-14-2)11-9(13)4-5-10(16-3)12(11)15-7/h4-5,14-15H,6H2,1-3H3. The van der Waals surface area contributed by atoms with E-state index in [0.717, 1.165) is 33.9 Å². The highest BCUT2D eigenvalue weighted by Crippen LogP contribution is 2.34. The number of hydrogen-bond donors (Lipinski definition) is 2. The number of rotatable bonds is 3. The maximum absolute atomic E-state index is 6.24. The number of halogens is 1. The molecule has 0 amide bonds. The molecule has 2 N–H and O–H groups in total. The Morgan fingerprint density at radius 3 is 2.81 bits per heavy atom. The van der Waals surface area contributed by atoms with Crippen LogP contribution in [0.5, 0.6) is 5.75 Å². The number of ether oxygens (including phenoxy) is 1. The zero-order chi connectivity index (χ0) is 11.7. The SMILES string of the molecule is CNCc1c(C)[nH]c2c(OC)ccc(Cl)c12. The molecule has 1 aromatic carbocycles. The molecule has 0 aliphatic carbocycles. The Balaban J connectivity index is 2.76. The molecule has 0 unspecified atom stereocenters. The number of H-pyrrole nitrogens is 1. The Labute approximate surface area is 99.7 Å². The monoisotopic (exact) mass is 238 g/mol. The Morgan fingerprint density at radius 2 is 2.19 bits per heavy atom. The number of methoxy groups -OCH3 is 1. The number of hydrogen-bond acceptors (Lipinski definition) is 2. The summed E-state index contributed by atoms with van der Waals surface area (Å²) in [5.41, 5.74) is 3.29. The molecular formula is C12H15ClN2O. The molecule has 1 aromatic heterocycles. The summed E-state index contributed by atoms with van der Waals surface area (Å²) in [6.07, 6.45) is 0. The Bertz CT molecular complexity index is 519. The highest BCUT2D eigenvalue weighted by molar-refractivity contribution is 6.36. The van der Waals surface area contributed by atoms with Gasteiger partial charge in [-0.25, -0.2) is 0 Å². The number of aryl methyl sites for hydroxylation is 1. The lowest BCUT2D eigenvalue weighted by molar-refractivity contribution is 0.419. The third-order valence-electron chi connectivity index (χ3n) is 2.76. The fourth-order valence-electron chi connectivity index (χ4n) is 2.00. The van der Waals surface area contributed by atoms with E-state index in [1.54, 1.807) is 7.11 Å². The molecule has 1 heterocycles. The van der Waals surface area contributed by atoms with E-state index < -0.39 is 0 Å². The number of aromatic amines is 1. The zero-order valence-corrected chi connectivity index (χ0v) is 10.4. The van der Waals surface area contributed by atoms with Crippen LogP contribution >= 0.6 is 11.6 Å². The Morgan fingerprint density at radius 1 is 1.44 bits per heavy atom. The molecule has 0 aliphatic heterocycles. The van der Waals surface area contributed by atoms with Crippen LogP contribution in [0, 0.1) is 6.92 Å². The summed E-state index contributed by atoms with van der Waals surface area (Å²) >= 11 is 6.24. The minimum absolute atomic E-state index is 0.755. The van der Waals surface area contributed by atoms with Crippen LogP contribution in [0.2, 0.25) is 5.02 Å². The van der Waals surface area contributed by atoms with Crippen molar-refractivity contribution in [3.63, 3.8) is 0 Å². The van der Waals surface area contributed by atoms with Gasteiger partial charge in [0.15, 0.2) is 0 Å². The summed E-state index contributed by atoms with van der Waals surface area (Å²) in [7, 11) is 3.59. The first-order valence-electron chi connectivity index (χ1n) is 5.17. The van der Waals surface area contributed by atoms with E-state index in [9.17, 15) is 0 Å². The highest BCUT2D eigenvalue weighted by Gasteiger charge is 2.14. The molecule has 0 atom stereocenters. The first kappa shape index (κ1) is 11.3. The lowest BCUT2D eigenvalue weighted by Gasteiger charge is -2.04. The van der Waals surface area contributed by atoms with Gasteiger partial charge >= 0.3 is 0 Å². The molecule has 0 aliphatic rings. The summed E-state index contributed by atoms with van der Waals surface area (Å²) < 4.78 is 5.32. The van der Waals surface area contributed by atoms with Gasteiger partial charge in [0.25, 0.3) is 0 Å². The van der Waals surface area contributed by atoms with Crippen LogP contribution in [-0.2, 0) is 6.54 Å². The molecule has 0 fully saturated rings. The van der Waals surface area contributed by atoms with Crippen LogP contribution in [0.1, 0.15) is 11.3 Å². The molecule has 3 nitrogen and oxygen atoms in total.